The highest BCUT2D eigenvalue weighted by atomic mass is 16.4. The van der Waals surface area contributed by atoms with Crippen LogP contribution in [-0.2, 0) is 16.0 Å². The Labute approximate surface area is 87.9 Å². The largest absolute Gasteiger partial charge is 0.481 e. The fourth-order valence-electron chi connectivity index (χ4n) is 1.17. The number of rotatable bonds is 4. The molecule has 0 radical (unpaired) electrons. The van der Waals surface area contributed by atoms with Gasteiger partial charge in [0.05, 0.1) is 0 Å². The molecule has 4 nitrogen and oxygen atoms in total. The van der Waals surface area contributed by atoms with Crippen LogP contribution >= 0.6 is 0 Å². The maximum atomic E-state index is 11.1. The second kappa shape index (κ2) is 5.14. The fourth-order valence-corrected chi connectivity index (χ4v) is 1.17. The van der Waals surface area contributed by atoms with Crippen LogP contribution in [0.4, 0.5) is 5.69 Å². The van der Waals surface area contributed by atoms with Crippen LogP contribution in [0.3, 0.4) is 0 Å². The molecule has 1 rings (SSSR count). The van der Waals surface area contributed by atoms with Gasteiger partial charge in [0.1, 0.15) is 6.42 Å². The van der Waals surface area contributed by atoms with Crippen LogP contribution < -0.4 is 5.32 Å². The smallest absolute Gasteiger partial charge is 0.312 e. The summed E-state index contributed by atoms with van der Waals surface area (Å²) in [5, 5.41) is 10.9. The lowest BCUT2D eigenvalue weighted by atomic mass is 10.1. The van der Waals surface area contributed by atoms with E-state index in [0.717, 1.165) is 6.42 Å². The summed E-state index contributed by atoms with van der Waals surface area (Å²) in [4.78, 5) is 21.3. The van der Waals surface area contributed by atoms with Crippen LogP contribution in [0.5, 0.6) is 0 Å². The summed E-state index contributed by atoms with van der Waals surface area (Å²) in [5.41, 5.74) is 1.80. The van der Waals surface area contributed by atoms with Gasteiger partial charge in [0.25, 0.3) is 0 Å². The molecule has 0 aliphatic carbocycles. The van der Waals surface area contributed by atoms with Crippen LogP contribution in [0.25, 0.3) is 0 Å². The summed E-state index contributed by atoms with van der Waals surface area (Å²) >= 11 is 0. The Hall–Kier alpha value is -1.84. The van der Waals surface area contributed by atoms with E-state index in [-0.39, 0.29) is 0 Å². The summed E-state index contributed by atoms with van der Waals surface area (Å²) in [6.45, 7) is 2.04. The van der Waals surface area contributed by atoms with Crippen molar-refractivity contribution in [1.82, 2.24) is 0 Å². The van der Waals surface area contributed by atoms with E-state index in [1.807, 2.05) is 19.1 Å². The third-order valence-corrected chi connectivity index (χ3v) is 1.96. The first kappa shape index (κ1) is 11.2. The topological polar surface area (TPSA) is 66.4 Å². The van der Waals surface area contributed by atoms with Crippen molar-refractivity contribution >= 4 is 17.6 Å². The third-order valence-electron chi connectivity index (χ3n) is 1.96. The van der Waals surface area contributed by atoms with Crippen molar-refractivity contribution in [1.29, 1.82) is 0 Å². The van der Waals surface area contributed by atoms with Gasteiger partial charge < -0.3 is 10.4 Å². The molecule has 15 heavy (non-hydrogen) atoms. The van der Waals surface area contributed by atoms with Gasteiger partial charge in [0, 0.05) is 5.69 Å². The Morgan fingerprint density at radius 2 is 1.87 bits per heavy atom. The molecule has 0 aromatic heterocycles. The van der Waals surface area contributed by atoms with Gasteiger partial charge in [-0.2, -0.15) is 0 Å². The number of benzene rings is 1. The SMILES string of the molecule is CCc1ccc(NC(=O)CC(=O)O)cc1. The monoisotopic (exact) mass is 207 g/mol. The highest BCUT2D eigenvalue weighted by Crippen LogP contribution is 2.10. The van der Waals surface area contributed by atoms with Gasteiger partial charge in [-0.3, -0.25) is 9.59 Å². The molecule has 0 spiro atoms. The minimum absolute atomic E-state index is 0.504. The zero-order chi connectivity index (χ0) is 11.3. The van der Waals surface area contributed by atoms with Crippen molar-refractivity contribution in [2.24, 2.45) is 0 Å². The molecule has 1 aromatic rings. The molecule has 0 saturated heterocycles. The Morgan fingerprint density at radius 3 is 2.33 bits per heavy atom. The van der Waals surface area contributed by atoms with Gasteiger partial charge in [-0.1, -0.05) is 19.1 Å². The quantitative estimate of drug-likeness (QED) is 0.738. The first-order chi connectivity index (χ1) is 7.11. The predicted octanol–water partition coefficient (Wildman–Crippen LogP) is 1.66. The zero-order valence-electron chi connectivity index (χ0n) is 8.49. The molecule has 2 N–H and O–H groups in total. The number of aliphatic carboxylic acids is 1. The standard InChI is InChI=1S/C11H13NO3/c1-2-8-3-5-9(6-4-8)12-10(13)7-11(14)15/h3-6H,2,7H2,1H3,(H,12,13)(H,14,15). The minimum Gasteiger partial charge on any atom is -0.481 e. The Morgan fingerprint density at radius 1 is 1.27 bits per heavy atom. The van der Waals surface area contributed by atoms with Crippen molar-refractivity contribution in [2.45, 2.75) is 19.8 Å². The lowest BCUT2D eigenvalue weighted by Crippen LogP contribution is -2.15. The number of carbonyl (C=O) groups is 2. The van der Waals surface area contributed by atoms with Gasteiger partial charge in [-0.25, -0.2) is 0 Å². The van der Waals surface area contributed by atoms with Gasteiger partial charge >= 0.3 is 5.97 Å². The van der Waals surface area contributed by atoms with E-state index < -0.39 is 18.3 Å². The van der Waals surface area contributed by atoms with Crippen molar-refractivity contribution in [3.63, 3.8) is 0 Å². The first-order valence-corrected chi connectivity index (χ1v) is 4.72. The van der Waals surface area contributed by atoms with Crippen LogP contribution in [0, 0.1) is 0 Å². The fraction of sp³-hybridized carbons (Fsp3) is 0.273. The lowest BCUT2D eigenvalue weighted by molar-refractivity contribution is -0.139. The Balaban J connectivity index is 2.57. The summed E-state index contributed by atoms with van der Waals surface area (Å²) in [6.07, 6.45) is 0.429. The highest BCUT2D eigenvalue weighted by molar-refractivity contribution is 6.01. The number of carbonyl (C=O) groups excluding carboxylic acids is 1. The molecule has 0 atom stereocenters. The summed E-state index contributed by atoms with van der Waals surface area (Å²) in [6, 6.07) is 7.32. The molecular formula is C11H13NO3. The van der Waals surface area contributed by atoms with Crippen LogP contribution in [0.1, 0.15) is 18.9 Å². The average molecular weight is 207 g/mol. The van der Waals surface area contributed by atoms with Crippen LogP contribution in [-0.4, -0.2) is 17.0 Å². The highest BCUT2D eigenvalue weighted by Gasteiger charge is 2.07. The maximum absolute atomic E-state index is 11.1. The van der Waals surface area contributed by atoms with Crippen molar-refractivity contribution in [3.8, 4) is 0 Å². The number of amides is 1. The van der Waals surface area contributed by atoms with Crippen molar-refractivity contribution in [2.75, 3.05) is 5.32 Å². The molecule has 0 unspecified atom stereocenters. The number of carboxylic acids is 1. The van der Waals surface area contributed by atoms with Crippen molar-refractivity contribution < 1.29 is 14.7 Å². The summed E-state index contributed by atoms with van der Waals surface area (Å²) in [5.74, 6) is -1.63. The molecule has 1 amide bonds. The zero-order valence-corrected chi connectivity index (χ0v) is 8.49. The van der Waals surface area contributed by atoms with E-state index in [0.29, 0.717) is 5.69 Å². The summed E-state index contributed by atoms with van der Waals surface area (Å²) in [7, 11) is 0. The third kappa shape index (κ3) is 3.81. The van der Waals surface area contributed by atoms with E-state index in [1.54, 1.807) is 12.1 Å². The maximum Gasteiger partial charge on any atom is 0.312 e. The van der Waals surface area contributed by atoms with E-state index in [4.69, 9.17) is 5.11 Å². The van der Waals surface area contributed by atoms with E-state index in [2.05, 4.69) is 5.32 Å². The van der Waals surface area contributed by atoms with Crippen LogP contribution in [0.15, 0.2) is 24.3 Å². The molecule has 0 aliphatic heterocycles. The minimum atomic E-state index is -1.13. The molecule has 0 aliphatic rings. The normalized spacial score (nSPS) is 9.67. The Kier molecular flexibility index (Phi) is 3.85. The number of nitrogens with one attached hydrogen (secondary N) is 1. The Bertz CT molecular complexity index is 357. The second-order valence-electron chi connectivity index (χ2n) is 3.17. The van der Waals surface area contributed by atoms with Gasteiger partial charge in [0.2, 0.25) is 5.91 Å². The first-order valence-electron chi connectivity index (χ1n) is 4.72. The summed E-state index contributed by atoms with van der Waals surface area (Å²) < 4.78 is 0. The van der Waals surface area contributed by atoms with E-state index >= 15 is 0 Å². The lowest BCUT2D eigenvalue weighted by Gasteiger charge is -2.04. The van der Waals surface area contributed by atoms with E-state index in [9.17, 15) is 9.59 Å². The van der Waals surface area contributed by atoms with E-state index in [1.165, 1.54) is 5.56 Å². The number of anilines is 1. The predicted molar refractivity (Wildman–Crippen MR) is 56.7 cm³/mol. The van der Waals surface area contributed by atoms with Crippen molar-refractivity contribution in [3.05, 3.63) is 29.8 Å². The second-order valence-corrected chi connectivity index (χ2v) is 3.17. The molecule has 4 heteroatoms. The van der Waals surface area contributed by atoms with Gasteiger partial charge in [-0.15, -0.1) is 0 Å². The molecular weight excluding hydrogens is 194 g/mol. The molecule has 0 bridgehead atoms. The number of carboxylic acid groups (broad SMARTS) is 1. The number of hydrogen-bond donors (Lipinski definition) is 2. The molecule has 1 aromatic carbocycles. The molecule has 0 heterocycles. The molecule has 0 fully saturated rings. The molecule has 0 saturated carbocycles. The number of hydrogen-bond acceptors (Lipinski definition) is 2. The average Bonchev–Trinajstić information content (AvgIpc) is 2.17. The van der Waals surface area contributed by atoms with Gasteiger partial charge in [-0.05, 0) is 24.1 Å². The van der Waals surface area contributed by atoms with Gasteiger partial charge in [0.15, 0.2) is 0 Å². The molecule has 80 valence electrons. The number of aryl methyl sites for hydroxylation is 1. The van der Waals surface area contributed by atoms with Crippen LogP contribution in [0.2, 0.25) is 0 Å².